The summed E-state index contributed by atoms with van der Waals surface area (Å²) in [5.74, 6) is 0.379. The smallest absolute Gasteiger partial charge is 0.229 e. The molecule has 0 spiro atoms. The van der Waals surface area contributed by atoms with E-state index in [2.05, 4.69) is 22.2 Å². The summed E-state index contributed by atoms with van der Waals surface area (Å²) in [7, 11) is -3.42. The Morgan fingerprint density at radius 3 is 2.46 bits per heavy atom. The van der Waals surface area contributed by atoms with E-state index in [1.165, 1.54) is 0 Å². The van der Waals surface area contributed by atoms with Crippen molar-refractivity contribution in [2.75, 3.05) is 17.6 Å². The highest BCUT2D eigenvalue weighted by atomic mass is 32.2. The van der Waals surface area contributed by atoms with Crippen LogP contribution in [0.2, 0.25) is 0 Å². The fourth-order valence-corrected chi connectivity index (χ4v) is 5.65. The highest BCUT2D eigenvalue weighted by molar-refractivity contribution is 7.92. The van der Waals surface area contributed by atoms with Crippen molar-refractivity contribution in [1.82, 2.24) is 5.32 Å². The second kappa shape index (κ2) is 10.5. The minimum absolute atomic E-state index is 0.120. The number of hydrogen-bond donors (Lipinski definition) is 3. The molecule has 4 atom stereocenters. The second-order valence-electron chi connectivity index (χ2n) is 9.57. The number of benzene rings is 3. The summed E-state index contributed by atoms with van der Waals surface area (Å²) in [6.07, 6.45) is 0.396. The van der Waals surface area contributed by atoms with E-state index < -0.39 is 28.3 Å². The van der Waals surface area contributed by atoms with Gasteiger partial charge in [0.25, 0.3) is 0 Å². The minimum atomic E-state index is -3.42. The average Bonchev–Trinajstić information content (AvgIpc) is 3.25. The molecule has 3 N–H and O–H groups in total. The van der Waals surface area contributed by atoms with Crippen molar-refractivity contribution in [3.8, 4) is 16.9 Å². The fourth-order valence-electron chi connectivity index (χ4n) is 5.09. The van der Waals surface area contributed by atoms with Crippen molar-refractivity contribution in [2.24, 2.45) is 0 Å². The molecule has 1 fully saturated rings. The summed E-state index contributed by atoms with van der Waals surface area (Å²) in [4.78, 5) is 12.8. The molecular formula is C28H30N2O6S. The van der Waals surface area contributed by atoms with Crippen LogP contribution in [0.1, 0.15) is 29.9 Å². The Morgan fingerprint density at radius 2 is 1.76 bits per heavy atom. The number of anilines is 1. The van der Waals surface area contributed by atoms with Gasteiger partial charge < -0.3 is 19.9 Å². The molecule has 0 bridgehead atoms. The molecule has 0 aliphatic carbocycles. The van der Waals surface area contributed by atoms with Gasteiger partial charge >= 0.3 is 0 Å². The van der Waals surface area contributed by atoms with Gasteiger partial charge in [-0.1, -0.05) is 54.6 Å². The topological polar surface area (TPSA) is 114 Å². The maximum atomic E-state index is 12.8. The number of nitrogens with one attached hydrogen (secondary N) is 2. The zero-order chi connectivity index (χ0) is 26.0. The zero-order valence-electron chi connectivity index (χ0n) is 20.5. The van der Waals surface area contributed by atoms with Crippen molar-refractivity contribution in [2.45, 2.75) is 43.6 Å². The number of ether oxygens (including phenoxy) is 2. The molecule has 1 amide bonds. The normalized spacial score (nSPS) is 22.4. The van der Waals surface area contributed by atoms with Crippen molar-refractivity contribution in [3.63, 3.8) is 0 Å². The number of aliphatic hydroxyl groups is 1. The van der Waals surface area contributed by atoms with Crippen molar-refractivity contribution in [1.29, 1.82) is 0 Å². The van der Waals surface area contributed by atoms with Gasteiger partial charge in [-0.05, 0) is 41.3 Å². The van der Waals surface area contributed by atoms with Gasteiger partial charge in [0, 0.05) is 23.7 Å². The molecule has 1 saturated heterocycles. The fraction of sp³-hybridized carbons (Fsp3) is 0.321. The summed E-state index contributed by atoms with van der Waals surface area (Å²) in [5.41, 5.74) is 4.55. The molecule has 2 aliphatic rings. The molecule has 0 aromatic heterocycles. The summed E-state index contributed by atoms with van der Waals surface area (Å²) in [5, 5.41) is 12.9. The first-order chi connectivity index (χ1) is 17.8. The molecule has 194 valence electrons. The predicted molar refractivity (Wildman–Crippen MR) is 141 cm³/mol. The molecule has 0 unspecified atom stereocenters. The number of fused-ring (bicyclic) bond motifs is 3. The van der Waals surface area contributed by atoms with Crippen molar-refractivity contribution < 1.29 is 27.8 Å². The van der Waals surface area contributed by atoms with Gasteiger partial charge in [-0.2, -0.15) is 0 Å². The van der Waals surface area contributed by atoms with E-state index in [-0.39, 0.29) is 24.9 Å². The third-order valence-corrected chi connectivity index (χ3v) is 7.37. The quantitative estimate of drug-likeness (QED) is 0.418. The number of carbonyl (C=O) groups is 1. The third-order valence-electron chi connectivity index (χ3n) is 6.77. The number of hydrogen-bond acceptors (Lipinski definition) is 6. The largest absolute Gasteiger partial charge is 0.487 e. The second-order valence-corrected chi connectivity index (χ2v) is 11.3. The SMILES string of the molecule is CS(=O)(=O)Nc1ccc2c(c1)[C@H]1C[C@H](CC(=O)NCc3ccc(-c4ccccc4)cc3)O[C@H](CO)[C@H]1O2. The van der Waals surface area contributed by atoms with E-state index in [0.717, 1.165) is 28.5 Å². The van der Waals surface area contributed by atoms with E-state index in [9.17, 15) is 18.3 Å². The Labute approximate surface area is 216 Å². The van der Waals surface area contributed by atoms with Crippen LogP contribution in [0.4, 0.5) is 5.69 Å². The van der Waals surface area contributed by atoms with Crippen molar-refractivity contribution >= 4 is 21.6 Å². The molecule has 2 heterocycles. The Hall–Kier alpha value is -3.40. The van der Waals surface area contributed by atoms with E-state index >= 15 is 0 Å². The van der Waals surface area contributed by atoms with Gasteiger partial charge in [-0.25, -0.2) is 8.42 Å². The monoisotopic (exact) mass is 522 g/mol. The first kappa shape index (κ1) is 25.3. The van der Waals surface area contributed by atoms with Crippen LogP contribution in [-0.2, 0) is 26.1 Å². The van der Waals surface area contributed by atoms with Crippen LogP contribution in [0.3, 0.4) is 0 Å². The minimum Gasteiger partial charge on any atom is -0.487 e. The number of rotatable bonds is 8. The van der Waals surface area contributed by atoms with Crippen LogP contribution in [0.25, 0.3) is 11.1 Å². The molecule has 3 aromatic carbocycles. The van der Waals surface area contributed by atoms with Crippen LogP contribution in [0, 0.1) is 0 Å². The maximum Gasteiger partial charge on any atom is 0.229 e. The first-order valence-electron chi connectivity index (χ1n) is 12.2. The molecule has 0 saturated carbocycles. The standard InChI is InChI=1S/C28H30N2O6S/c1-37(33,34)30-21-11-12-25-23(13-21)24-14-22(35-26(17-31)28(24)36-25)15-27(32)29-16-18-7-9-20(10-8-18)19-5-3-2-4-6-19/h2-13,22,24,26,28,30-31H,14-17H2,1H3,(H,29,32)/t22-,24-,26-,28+/m1/s1. The van der Waals surface area contributed by atoms with Gasteiger partial charge in [-0.15, -0.1) is 0 Å². The number of amides is 1. The lowest BCUT2D eigenvalue weighted by molar-refractivity contribution is -0.142. The molecular weight excluding hydrogens is 492 g/mol. The third kappa shape index (κ3) is 5.95. The van der Waals surface area contributed by atoms with Crippen LogP contribution in [0.15, 0.2) is 72.8 Å². The molecule has 8 nitrogen and oxygen atoms in total. The molecule has 9 heteroatoms. The Morgan fingerprint density at radius 1 is 1.03 bits per heavy atom. The van der Waals surface area contributed by atoms with Crippen LogP contribution < -0.4 is 14.8 Å². The summed E-state index contributed by atoms with van der Waals surface area (Å²) >= 11 is 0. The lowest BCUT2D eigenvalue weighted by Crippen LogP contribution is -2.47. The van der Waals surface area contributed by atoms with Crippen molar-refractivity contribution in [3.05, 3.63) is 83.9 Å². The van der Waals surface area contributed by atoms with E-state index in [0.29, 0.717) is 24.4 Å². The van der Waals surface area contributed by atoms with Crippen LogP contribution in [-0.4, -0.2) is 50.6 Å². The van der Waals surface area contributed by atoms with Crippen LogP contribution >= 0.6 is 0 Å². The molecule has 5 rings (SSSR count). The summed E-state index contributed by atoms with van der Waals surface area (Å²) < 4.78 is 37.9. The van der Waals surface area contributed by atoms with E-state index in [1.807, 2.05) is 42.5 Å². The van der Waals surface area contributed by atoms with Gasteiger partial charge in [0.1, 0.15) is 18.0 Å². The van der Waals surface area contributed by atoms with Crippen LogP contribution in [0.5, 0.6) is 5.75 Å². The molecule has 37 heavy (non-hydrogen) atoms. The number of carbonyl (C=O) groups excluding carboxylic acids is 1. The van der Waals surface area contributed by atoms with E-state index in [1.54, 1.807) is 18.2 Å². The number of aliphatic hydroxyl groups excluding tert-OH is 1. The van der Waals surface area contributed by atoms with Gasteiger partial charge in [0.2, 0.25) is 15.9 Å². The molecule has 0 radical (unpaired) electrons. The van der Waals surface area contributed by atoms with Gasteiger partial charge in [0.05, 0.1) is 25.4 Å². The molecule has 3 aromatic rings. The summed E-state index contributed by atoms with van der Waals surface area (Å²) in [6.45, 7) is 0.165. The highest BCUT2D eigenvalue weighted by Crippen LogP contribution is 2.47. The lowest BCUT2D eigenvalue weighted by atomic mass is 9.84. The summed E-state index contributed by atoms with van der Waals surface area (Å²) in [6, 6.07) is 23.3. The first-order valence-corrected chi connectivity index (χ1v) is 14.1. The van der Waals surface area contributed by atoms with Gasteiger partial charge in [-0.3, -0.25) is 9.52 Å². The zero-order valence-corrected chi connectivity index (χ0v) is 21.3. The Kier molecular flexibility index (Phi) is 7.19. The van der Waals surface area contributed by atoms with E-state index in [4.69, 9.17) is 9.47 Å². The molecule has 2 aliphatic heterocycles. The predicted octanol–water partition coefficient (Wildman–Crippen LogP) is 3.43. The highest BCUT2D eigenvalue weighted by Gasteiger charge is 2.46. The Balaban J connectivity index is 1.21. The lowest BCUT2D eigenvalue weighted by Gasteiger charge is -2.37. The maximum absolute atomic E-state index is 12.8. The number of sulfonamides is 1. The Bertz CT molecular complexity index is 1360. The average molecular weight is 523 g/mol. The van der Waals surface area contributed by atoms with Gasteiger partial charge in [0.15, 0.2) is 0 Å².